The number of hydrogen-bond acceptors (Lipinski definition) is 1. The summed E-state index contributed by atoms with van der Waals surface area (Å²) in [5.74, 6) is 0.786. The smallest absolute Gasteiger partial charge is 0.102 e. The van der Waals surface area contributed by atoms with Crippen LogP contribution in [0.2, 0.25) is 0 Å². The maximum Gasteiger partial charge on any atom is 0.102 e. The van der Waals surface area contributed by atoms with E-state index < -0.39 is 0 Å². The normalized spacial score (nSPS) is 22.6. The highest BCUT2D eigenvalue weighted by Crippen LogP contribution is 2.25. The van der Waals surface area contributed by atoms with E-state index in [1.54, 1.807) is 0 Å². The quantitative estimate of drug-likeness (QED) is 0.667. The monoisotopic (exact) mass is 187 g/mol. The zero-order valence-corrected chi connectivity index (χ0v) is 8.69. The minimum atomic E-state index is -0.239. The largest absolute Gasteiger partial charge is 0.311 e. The molecule has 0 radical (unpaired) electrons. The van der Waals surface area contributed by atoms with E-state index in [1.165, 1.54) is 38.5 Å². The van der Waals surface area contributed by atoms with Gasteiger partial charge in [0.1, 0.15) is 6.67 Å². The fourth-order valence-corrected chi connectivity index (χ4v) is 2.26. The summed E-state index contributed by atoms with van der Waals surface area (Å²) in [6, 6.07) is 0.508. The average molecular weight is 187 g/mol. The van der Waals surface area contributed by atoms with Gasteiger partial charge in [-0.2, -0.15) is 0 Å². The molecule has 78 valence electrons. The van der Waals surface area contributed by atoms with Crippen molar-refractivity contribution in [2.45, 2.75) is 51.5 Å². The van der Waals surface area contributed by atoms with Crippen LogP contribution < -0.4 is 5.32 Å². The van der Waals surface area contributed by atoms with Gasteiger partial charge in [0.15, 0.2) is 0 Å². The molecule has 0 unspecified atom stereocenters. The van der Waals surface area contributed by atoms with Crippen molar-refractivity contribution in [3.8, 4) is 0 Å². The number of halogens is 1. The van der Waals surface area contributed by atoms with Gasteiger partial charge in [0.25, 0.3) is 0 Å². The Kier molecular flexibility index (Phi) is 5.37. The van der Waals surface area contributed by atoms with Crippen molar-refractivity contribution in [2.24, 2.45) is 5.92 Å². The SMILES string of the molecule is C[C@H](NCCF)C1CCCCCC1. The summed E-state index contributed by atoms with van der Waals surface area (Å²) in [4.78, 5) is 0. The lowest BCUT2D eigenvalue weighted by molar-refractivity contribution is 0.325. The van der Waals surface area contributed by atoms with Crippen LogP contribution in [-0.4, -0.2) is 19.3 Å². The zero-order valence-electron chi connectivity index (χ0n) is 8.69. The van der Waals surface area contributed by atoms with Crippen molar-refractivity contribution in [3.05, 3.63) is 0 Å². The molecular weight excluding hydrogens is 165 g/mol. The minimum Gasteiger partial charge on any atom is -0.311 e. The van der Waals surface area contributed by atoms with Crippen LogP contribution in [0.4, 0.5) is 4.39 Å². The van der Waals surface area contributed by atoms with E-state index in [0.717, 1.165) is 5.92 Å². The van der Waals surface area contributed by atoms with Crippen LogP contribution in [0.25, 0.3) is 0 Å². The molecule has 1 fully saturated rings. The lowest BCUT2D eigenvalue weighted by Crippen LogP contribution is -2.34. The van der Waals surface area contributed by atoms with Crippen LogP contribution >= 0.6 is 0 Å². The third kappa shape index (κ3) is 4.08. The van der Waals surface area contributed by atoms with Gasteiger partial charge in [-0.15, -0.1) is 0 Å². The Morgan fingerprint density at radius 3 is 2.38 bits per heavy atom. The Hall–Kier alpha value is -0.110. The predicted octanol–water partition coefficient (Wildman–Crippen LogP) is 2.90. The van der Waals surface area contributed by atoms with E-state index in [1.807, 2.05) is 0 Å². The molecule has 13 heavy (non-hydrogen) atoms. The predicted molar refractivity (Wildman–Crippen MR) is 54.6 cm³/mol. The van der Waals surface area contributed by atoms with Gasteiger partial charge in [0.2, 0.25) is 0 Å². The van der Waals surface area contributed by atoms with Gasteiger partial charge in [-0.3, -0.25) is 0 Å². The maximum absolute atomic E-state index is 11.9. The van der Waals surface area contributed by atoms with Crippen LogP contribution in [0.15, 0.2) is 0 Å². The molecule has 2 heteroatoms. The second-order valence-electron chi connectivity index (χ2n) is 4.18. The van der Waals surface area contributed by atoms with E-state index in [-0.39, 0.29) is 6.67 Å². The molecule has 0 heterocycles. The Balaban J connectivity index is 2.22. The van der Waals surface area contributed by atoms with Crippen LogP contribution in [0.1, 0.15) is 45.4 Å². The van der Waals surface area contributed by atoms with Crippen molar-refractivity contribution in [1.82, 2.24) is 5.32 Å². The van der Waals surface area contributed by atoms with Crippen molar-refractivity contribution in [2.75, 3.05) is 13.2 Å². The molecule has 0 aromatic rings. The fraction of sp³-hybridized carbons (Fsp3) is 1.00. The van der Waals surface area contributed by atoms with Gasteiger partial charge in [-0.25, -0.2) is 4.39 Å². The third-order valence-corrected chi connectivity index (χ3v) is 3.17. The summed E-state index contributed by atoms with van der Waals surface area (Å²) < 4.78 is 11.9. The summed E-state index contributed by atoms with van der Waals surface area (Å²) >= 11 is 0. The first-order chi connectivity index (χ1) is 6.34. The topological polar surface area (TPSA) is 12.0 Å². The summed E-state index contributed by atoms with van der Waals surface area (Å²) in [7, 11) is 0. The average Bonchev–Trinajstić information content (AvgIpc) is 2.42. The second-order valence-corrected chi connectivity index (χ2v) is 4.18. The number of rotatable bonds is 4. The molecule has 0 aromatic carbocycles. The Labute approximate surface area is 81.1 Å². The van der Waals surface area contributed by atoms with Crippen molar-refractivity contribution in [3.63, 3.8) is 0 Å². The molecule has 0 bridgehead atoms. The van der Waals surface area contributed by atoms with Crippen LogP contribution in [0.3, 0.4) is 0 Å². The van der Waals surface area contributed by atoms with Gasteiger partial charge in [-0.05, 0) is 25.7 Å². The summed E-state index contributed by atoms with van der Waals surface area (Å²) in [6.45, 7) is 2.49. The van der Waals surface area contributed by atoms with E-state index in [4.69, 9.17) is 0 Å². The molecule has 1 aliphatic carbocycles. The standard InChI is InChI=1S/C11H22FN/c1-10(13-9-8-12)11-6-4-2-3-5-7-11/h10-11,13H,2-9H2,1H3/t10-/m0/s1. The number of nitrogens with one attached hydrogen (secondary N) is 1. The minimum absolute atomic E-state index is 0.239. The third-order valence-electron chi connectivity index (χ3n) is 3.17. The van der Waals surface area contributed by atoms with Crippen molar-refractivity contribution < 1.29 is 4.39 Å². The van der Waals surface area contributed by atoms with E-state index >= 15 is 0 Å². The molecule has 0 aliphatic heterocycles. The molecule has 1 saturated carbocycles. The summed E-state index contributed by atoms with van der Waals surface area (Å²) in [5.41, 5.74) is 0. The zero-order chi connectivity index (χ0) is 9.52. The lowest BCUT2D eigenvalue weighted by atomic mass is 9.93. The molecule has 0 spiro atoms. The highest BCUT2D eigenvalue weighted by atomic mass is 19.1. The Morgan fingerprint density at radius 2 is 1.85 bits per heavy atom. The van der Waals surface area contributed by atoms with Crippen molar-refractivity contribution >= 4 is 0 Å². The van der Waals surface area contributed by atoms with Crippen LogP contribution in [0, 0.1) is 5.92 Å². The molecule has 1 N–H and O–H groups in total. The Morgan fingerprint density at radius 1 is 1.23 bits per heavy atom. The first-order valence-electron chi connectivity index (χ1n) is 5.64. The summed E-state index contributed by atoms with van der Waals surface area (Å²) in [5, 5.41) is 3.25. The van der Waals surface area contributed by atoms with Gasteiger partial charge in [-0.1, -0.05) is 25.7 Å². The van der Waals surface area contributed by atoms with Gasteiger partial charge < -0.3 is 5.32 Å². The molecule has 0 amide bonds. The first kappa shape index (κ1) is 11.0. The lowest BCUT2D eigenvalue weighted by Gasteiger charge is -2.23. The highest BCUT2D eigenvalue weighted by molar-refractivity contribution is 4.74. The molecule has 1 atom stereocenters. The fourth-order valence-electron chi connectivity index (χ4n) is 2.26. The van der Waals surface area contributed by atoms with Gasteiger partial charge in [0, 0.05) is 12.6 Å². The molecule has 0 aromatic heterocycles. The van der Waals surface area contributed by atoms with Crippen molar-refractivity contribution in [1.29, 1.82) is 0 Å². The molecule has 1 aliphatic rings. The van der Waals surface area contributed by atoms with E-state index in [9.17, 15) is 4.39 Å². The Bertz CT molecular complexity index is 119. The second kappa shape index (κ2) is 6.36. The van der Waals surface area contributed by atoms with Gasteiger partial charge in [0.05, 0.1) is 0 Å². The highest BCUT2D eigenvalue weighted by Gasteiger charge is 2.17. The number of hydrogen-bond donors (Lipinski definition) is 1. The first-order valence-corrected chi connectivity index (χ1v) is 5.64. The molecular formula is C11H22FN. The molecule has 1 nitrogen and oxygen atoms in total. The summed E-state index contributed by atoms with van der Waals surface area (Å²) in [6.07, 6.45) is 8.19. The molecule has 1 rings (SSSR count). The van der Waals surface area contributed by atoms with Gasteiger partial charge >= 0.3 is 0 Å². The van der Waals surface area contributed by atoms with E-state index in [0.29, 0.717) is 12.6 Å². The van der Waals surface area contributed by atoms with E-state index in [2.05, 4.69) is 12.2 Å². The number of alkyl halides is 1. The maximum atomic E-state index is 11.9. The van der Waals surface area contributed by atoms with Crippen LogP contribution in [-0.2, 0) is 0 Å². The molecule has 0 saturated heterocycles. The van der Waals surface area contributed by atoms with Crippen LogP contribution in [0.5, 0.6) is 0 Å².